The molecule has 0 aliphatic carbocycles. The van der Waals surface area contributed by atoms with E-state index in [0.29, 0.717) is 12.1 Å². The molecule has 1 aliphatic rings. The maximum Gasteiger partial charge on any atom is 0.0112 e. The van der Waals surface area contributed by atoms with Crippen LogP contribution in [0.4, 0.5) is 0 Å². The third-order valence-electron chi connectivity index (χ3n) is 9.24. The Bertz CT molecular complexity index is 455. The van der Waals surface area contributed by atoms with Gasteiger partial charge in [0.05, 0.1) is 0 Å². The molecular weight excluding hydrogens is 464 g/mol. The van der Waals surface area contributed by atoms with Crippen LogP contribution in [-0.2, 0) is 0 Å². The van der Waals surface area contributed by atoms with Crippen molar-refractivity contribution in [1.82, 2.24) is 19.6 Å². The minimum Gasteiger partial charge on any atom is -0.305 e. The fourth-order valence-electron chi connectivity index (χ4n) is 6.00. The van der Waals surface area contributed by atoms with E-state index in [-0.39, 0.29) is 0 Å². The first-order chi connectivity index (χ1) is 18.5. The summed E-state index contributed by atoms with van der Waals surface area (Å²) in [6.45, 7) is 19.5. The molecule has 4 nitrogen and oxygen atoms in total. The van der Waals surface area contributed by atoms with Gasteiger partial charge in [-0.3, -0.25) is 9.80 Å². The Morgan fingerprint density at radius 2 is 0.737 bits per heavy atom. The van der Waals surface area contributed by atoms with Gasteiger partial charge in [-0.1, -0.05) is 104 Å². The van der Waals surface area contributed by atoms with Gasteiger partial charge in [0.25, 0.3) is 0 Å². The average Bonchev–Trinajstić information content (AvgIpc) is 2.91. The van der Waals surface area contributed by atoms with Crippen molar-refractivity contribution < 1.29 is 0 Å². The van der Waals surface area contributed by atoms with Gasteiger partial charge >= 0.3 is 0 Å². The molecule has 0 spiro atoms. The lowest BCUT2D eigenvalue weighted by Crippen LogP contribution is -2.44. The van der Waals surface area contributed by atoms with Crippen LogP contribution >= 0.6 is 0 Å². The maximum atomic E-state index is 2.81. The molecule has 0 radical (unpaired) electrons. The van der Waals surface area contributed by atoms with Crippen molar-refractivity contribution in [2.45, 2.75) is 155 Å². The Morgan fingerprint density at radius 3 is 1.08 bits per heavy atom. The fourth-order valence-corrected chi connectivity index (χ4v) is 6.00. The number of nitrogens with zero attached hydrogens (tertiary/aromatic N) is 4. The summed E-state index contributed by atoms with van der Waals surface area (Å²) < 4.78 is 0. The molecule has 1 heterocycles. The molecule has 1 saturated heterocycles. The highest BCUT2D eigenvalue weighted by Gasteiger charge is 2.19. The highest BCUT2D eigenvalue weighted by molar-refractivity contribution is 4.75. The van der Waals surface area contributed by atoms with E-state index in [1.165, 1.54) is 168 Å². The summed E-state index contributed by atoms with van der Waals surface area (Å²) in [4.78, 5) is 10.8. The molecule has 1 fully saturated rings. The topological polar surface area (TPSA) is 13.0 Å². The Kier molecular flexibility index (Phi) is 23.2. The zero-order valence-corrected chi connectivity index (χ0v) is 27.3. The van der Waals surface area contributed by atoms with Gasteiger partial charge in [-0.25, -0.2) is 0 Å². The molecule has 0 amide bonds. The predicted octanol–water partition coefficient (Wildman–Crippen LogP) is 8.31. The van der Waals surface area contributed by atoms with Crippen molar-refractivity contribution in [3.8, 4) is 0 Å². The minimum absolute atomic E-state index is 0.686. The van der Waals surface area contributed by atoms with E-state index in [4.69, 9.17) is 0 Å². The summed E-state index contributed by atoms with van der Waals surface area (Å²) in [7, 11) is 4.71. The van der Waals surface area contributed by atoms with Crippen LogP contribution in [0, 0.1) is 0 Å². The summed E-state index contributed by atoms with van der Waals surface area (Å²) >= 11 is 0. The van der Waals surface area contributed by atoms with E-state index in [9.17, 15) is 0 Å². The van der Waals surface area contributed by atoms with E-state index in [2.05, 4.69) is 61.4 Å². The van der Waals surface area contributed by atoms with Gasteiger partial charge in [0.1, 0.15) is 0 Å². The van der Waals surface area contributed by atoms with Gasteiger partial charge in [0.15, 0.2) is 0 Å². The first kappa shape index (κ1) is 35.9. The van der Waals surface area contributed by atoms with E-state index in [1.54, 1.807) is 0 Å². The molecule has 0 aromatic heterocycles. The Balaban J connectivity index is 2.45. The molecule has 2 atom stereocenters. The lowest BCUT2D eigenvalue weighted by Gasteiger charge is -2.35. The largest absolute Gasteiger partial charge is 0.305 e. The molecule has 0 aromatic carbocycles. The normalized spacial score (nSPS) is 22.6. The third-order valence-corrected chi connectivity index (χ3v) is 9.24. The standard InChI is InChI=1S/C34H72N4/c1-7-9-11-13-15-17-19-21-25-37-31-29-35(5)28-24-34(4)38(32-30-36(6)27-23-33(37)3)26-22-20-18-16-14-12-10-8-2/h33-34H,7-32H2,1-6H3. The van der Waals surface area contributed by atoms with Crippen LogP contribution in [0.2, 0.25) is 0 Å². The van der Waals surface area contributed by atoms with Crippen molar-refractivity contribution in [2.75, 3.05) is 66.5 Å². The monoisotopic (exact) mass is 537 g/mol. The molecule has 0 bridgehead atoms. The predicted molar refractivity (Wildman–Crippen MR) is 172 cm³/mol. The maximum absolute atomic E-state index is 2.81. The zero-order chi connectivity index (χ0) is 27.8. The van der Waals surface area contributed by atoms with Crippen LogP contribution in [0.3, 0.4) is 0 Å². The lowest BCUT2D eigenvalue weighted by molar-refractivity contribution is 0.127. The van der Waals surface area contributed by atoms with Crippen molar-refractivity contribution in [2.24, 2.45) is 0 Å². The van der Waals surface area contributed by atoms with Crippen molar-refractivity contribution in [3.63, 3.8) is 0 Å². The van der Waals surface area contributed by atoms with Gasteiger partial charge in [-0.05, 0) is 79.8 Å². The Labute approximate surface area is 241 Å². The van der Waals surface area contributed by atoms with Gasteiger partial charge in [0.2, 0.25) is 0 Å². The van der Waals surface area contributed by atoms with Crippen LogP contribution in [0.25, 0.3) is 0 Å². The van der Waals surface area contributed by atoms with Crippen LogP contribution in [0.15, 0.2) is 0 Å². The summed E-state index contributed by atoms with van der Waals surface area (Å²) in [6, 6.07) is 1.37. The van der Waals surface area contributed by atoms with E-state index in [0.717, 1.165) is 0 Å². The van der Waals surface area contributed by atoms with Crippen LogP contribution in [0.1, 0.15) is 143 Å². The second-order valence-corrected chi connectivity index (χ2v) is 12.9. The van der Waals surface area contributed by atoms with Crippen molar-refractivity contribution >= 4 is 0 Å². The van der Waals surface area contributed by atoms with Crippen LogP contribution < -0.4 is 0 Å². The van der Waals surface area contributed by atoms with Gasteiger partial charge in [0, 0.05) is 38.3 Å². The number of likely N-dealkylation sites (N-methyl/N-ethyl adjacent to an activating group) is 2. The lowest BCUT2D eigenvalue weighted by atomic mass is 10.1. The van der Waals surface area contributed by atoms with Gasteiger partial charge in [-0.15, -0.1) is 0 Å². The van der Waals surface area contributed by atoms with Crippen LogP contribution in [-0.4, -0.2) is 98.1 Å². The van der Waals surface area contributed by atoms with Gasteiger partial charge in [-0.2, -0.15) is 0 Å². The average molecular weight is 537 g/mol. The summed E-state index contributed by atoms with van der Waals surface area (Å²) in [5.41, 5.74) is 0. The van der Waals surface area contributed by atoms with E-state index < -0.39 is 0 Å². The van der Waals surface area contributed by atoms with Crippen molar-refractivity contribution in [1.29, 1.82) is 0 Å². The fraction of sp³-hybridized carbons (Fsp3) is 1.00. The quantitative estimate of drug-likeness (QED) is 0.163. The summed E-state index contributed by atoms with van der Waals surface area (Å²) in [5, 5.41) is 0. The van der Waals surface area contributed by atoms with Crippen molar-refractivity contribution in [3.05, 3.63) is 0 Å². The van der Waals surface area contributed by atoms with Gasteiger partial charge < -0.3 is 9.80 Å². The van der Waals surface area contributed by atoms with E-state index >= 15 is 0 Å². The molecule has 1 rings (SSSR count). The van der Waals surface area contributed by atoms with Crippen LogP contribution in [0.5, 0.6) is 0 Å². The molecule has 228 valence electrons. The molecular formula is C34H72N4. The SMILES string of the molecule is CCCCCCCCCCN1CCN(C)CCC(C)N(CCCCCCCCCC)CCN(C)CCC1C. The zero-order valence-electron chi connectivity index (χ0n) is 27.3. The molecule has 38 heavy (non-hydrogen) atoms. The molecule has 1 aliphatic heterocycles. The minimum atomic E-state index is 0.686. The van der Waals surface area contributed by atoms with E-state index in [1.807, 2.05) is 0 Å². The summed E-state index contributed by atoms with van der Waals surface area (Å²) in [5.74, 6) is 0. The molecule has 0 N–H and O–H groups in total. The number of rotatable bonds is 18. The first-order valence-electron chi connectivity index (χ1n) is 17.3. The third kappa shape index (κ3) is 19.0. The second-order valence-electron chi connectivity index (χ2n) is 12.9. The first-order valence-corrected chi connectivity index (χ1v) is 17.3. The number of hydrogen-bond donors (Lipinski definition) is 0. The summed E-state index contributed by atoms with van der Waals surface area (Å²) in [6.07, 6.45) is 25.2. The molecule has 0 saturated carbocycles. The number of hydrogen-bond acceptors (Lipinski definition) is 4. The number of unbranched alkanes of at least 4 members (excludes halogenated alkanes) is 14. The highest BCUT2D eigenvalue weighted by atomic mass is 15.2. The Morgan fingerprint density at radius 1 is 0.421 bits per heavy atom. The highest BCUT2D eigenvalue weighted by Crippen LogP contribution is 2.14. The second kappa shape index (κ2) is 24.6. The Hall–Kier alpha value is -0.160. The smallest absolute Gasteiger partial charge is 0.0112 e. The molecule has 4 heteroatoms. The molecule has 2 unspecified atom stereocenters. The molecule has 0 aromatic rings.